The highest BCUT2D eigenvalue weighted by Crippen LogP contribution is 2.25. The summed E-state index contributed by atoms with van der Waals surface area (Å²) in [4.78, 5) is 10.5. The number of nitro benzene ring substituents is 1. The standard InChI is InChI=1S/C15H19N5O2/c1-10-9-12(6-7-13(10)20(21)22)16-11(2)15-18-17-14-5-3-4-8-19(14)15/h6-7,9,11,16H,3-5,8H2,1-2H3. The minimum absolute atomic E-state index is 0.000191. The molecule has 0 spiro atoms. The summed E-state index contributed by atoms with van der Waals surface area (Å²) >= 11 is 0. The van der Waals surface area contributed by atoms with Gasteiger partial charge in [0.2, 0.25) is 0 Å². The van der Waals surface area contributed by atoms with Crippen molar-refractivity contribution in [3.05, 3.63) is 45.5 Å². The number of aryl methyl sites for hydroxylation is 2. The molecular weight excluding hydrogens is 282 g/mol. The summed E-state index contributed by atoms with van der Waals surface area (Å²) in [7, 11) is 0. The fraction of sp³-hybridized carbons (Fsp3) is 0.467. The quantitative estimate of drug-likeness (QED) is 0.693. The van der Waals surface area contributed by atoms with Crippen LogP contribution in [0.4, 0.5) is 11.4 Å². The predicted octanol–water partition coefficient (Wildman–Crippen LogP) is 3.00. The average Bonchev–Trinajstić information content (AvgIpc) is 2.91. The van der Waals surface area contributed by atoms with Gasteiger partial charge in [-0.2, -0.15) is 0 Å². The van der Waals surface area contributed by atoms with Gasteiger partial charge in [0.15, 0.2) is 5.82 Å². The van der Waals surface area contributed by atoms with Gasteiger partial charge >= 0.3 is 0 Å². The van der Waals surface area contributed by atoms with Gasteiger partial charge in [0.05, 0.1) is 11.0 Å². The van der Waals surface area contributed by atoms with Crippen LogP contribution < -0.4 is 5.32 Å². The number of nitrogens with zero attached hydrogens (tertiary/aromatic N) is 4. The largest absolute Gasteiger partial charge is 0.375 e. The Bertz CT molecular complexity index is 710. The lowest BCUT2D eigenvalue weighted by atomic mass is 10.1. The highest BCUT2D eigenvalue weighted by Gasteiger charge is 2.20. The molecule has 0 amide bonds. The van der Waals surface area contributed by atoms with Gasteiger partial charge in [-0.15, -0.1) is 10.2 Å². The van der Waals surface area contributed by atoms with E-state index in [4.69, 9.17) is 0 Å². The molecule has 1 aliphatic heterocycles. The summed E-state index contributed by atoms with van der Waals surface area (Å²) in [6.07, 6.45) is 3.30. The van der Waals surface area contributed by atoms with Crippen molar-refractivity contribution in [2.24, 2.45) is 0 Å². The smallest absolute Gasteiger partial charge is 0.272 e. The fourth-order valence-electron chi connectivity index (χ4n) is 2.92. The number of benzene rings is 1. The lowest BCUT2D eigenvalue weighted by Gasteiger charge is -2.19. The van der Waals surface area contributed by atoms with Crippen LogP contribution in [0.2, 0.25) is 0 Å². The molecule has 0 saturated heterocycles. The molecule has 7 heteroatoms. The molecule has 1 aromatic heterocycles. The first kappa shape index (κ1) is 14.5. The summed E-state index contributed by atoms with van der Waals surface area (Å²) < 4.78 is 2.18. The van der Waals surface area contributed by atoms with E-state index in [0.29, 0.717) is 5.56 Å². The maximum atomic E-state index is 10.9. The Morgan fingerprint density at radius 2 is 2.18 bits per heavy atom. The third-order valence-corrected chi connectivity index (χ3v) is 4.05. The summed E-state index contributed by atoms with van der Waals surface area (Å²) in [5.41, 5.74) is 1.63. The van der Waals surface area contributed by atoms with Crippen LogP contribution in [-0.4, -0.2) is 19.7 Å². The van der Waals surface area contributed by atoms with Crippen molar-refractivity contribution in [1.82, 2.24) is 14.8 Å². The van der Waals surface area contributed by atoms with Gasteiger partial charge in [0, 0.05) is 30.3 Å². The molecule has 0 fully saturated rings. The van der Waals surface area contributed by atoms with Crippen LogP contribution in [0, 0.1) is 17.0 Å². The van der Waals surface area contributed by atoms with Crippen LogP contribution in [-0.2, 0) is 13.0 Å². The first-order valence-corrected chi connectivity index (χ1v) is 7.50. The molecule has 2 aromatic rings. The average molecular weight is 301 g/mol. The Morgan fingerprint density at radius 3 is 2.91 bits per heavy atom. The zero-order valence-corrected chi connectivity index (χ0v) is 12.7. The van der Waals surface area contributed by atoms with Gasteiger partial charge in [0.25, 0.3) is 5.69 Å². The van der Waals surface area contributed by atoms with E-state index in [1.165, 1.54) is 12.5 Å². The number of hydrogen-bond donors (Lipinski definition) is 1. The Morgan fingerprint density at radius 1 is 1.36 bits per heavy atom. The van der Waals surface area contributed by atoms with Crippen molar-refractivity contribution in [1.29, 1.82) is 0 Å². The molecule has 1 N–H and O–H groups in total. The topological polar surface area (TPSA) is 85.9 Å². The van der Waals surface area contributed by atoms with Gasteiger partial charge < -0.3 is 9.88 Å². The summed E-state index contributed by atoms with van der Waals surface area (Å²) in [6.45, 7) is 4.73. The molecule has 1 aliphatic rings. The maximum absolute atomic E-state index is 10.9. The molecule has 3 rings (SSSR count). The second-order valence-corrected chi connectivity index (χ2v) is 5.71. The Kier molecular flexibility index (Phi) is 3.79. The SMILES string of the molecule is Cc1cc(NC(C)c2nnc3n2CCCC3)ccc1[N+](=O)[O-]. The predicted molar refractivity (Wildman–Crippen MR) is 82.8 cm³/mol. The molecule has 22 heavy (non-hydrogen) atoms. The second-order valence-electron chi connectivity index (χ2n) is 5.71. The first-order valence-electron chi connectivity index (χ1n) is 7.50. The normalized spacial score (nSPS) is 15.2. The van der Waals surface area contributed by atoms with Crippen LogP contribution in [0.25, 0.3) is 0 Å². The highest BCUT2D eigenvalue weighted by atomic mass is 16.6. The Balaban J connectivity index is 1.80. The number of rotatable bonds is 4. The maximum Gasteiger partial charge on any atom is 0.272 e. The van der Waals surface area contributed by atoms with Gasteiger partial charge in [-0.25, -0.2) is 0 Å². The van der Waals surface area contributed by atoms with Crippen molar-refractivity contribution < 1.29 is 4.92 Å². The molecular formula is C15H19N5O2. The second kappa shape index (κ2) is 5.75. The van der Waals surface area contributed by atoms with Crippen molar-refractivity contribution in [3.63, 3.8) is 0 Å². The zero-order valence-electron chi connectivity index (χ0n) is 12.7. The Labute approximate surface area is 128 Å². The molecule has 1 atom stereocenters. The van der Waals surface area contributed by atoms with E-state index in [9.17, 15) is 10.1 Å². The molecule has 1 aromatic carbocycles. The molecule has 1 unspecified atom stereocenters. The summed E-state index contributed by atoms with van der Waals surface area (Å²) in [6, 6.07) is 5.06. The van der Waals surface area contributed by atoms with Crippen molar-refractivity contribution >= 4 is 11.4 Å². The minimum atomic E-state index is -0.364. The molecule has 2 heterocycles. The summed E-state index contributed by atoms with van der Waals surface area (Å²) in [5, 5.41) is 22.8. The number of hydrogen-bond acceptors (Lipinski definition) is 5. The van der Waals surface area contributed by atoms with Crippen LogP contribution in [0.15, 0.2) is 18.2 Å². The third kappa shape index (κ3) is 2.66. The highest BCUT2D eigenvalue weighted by molar-refractivity contribution is 5.54. The van der Waals surface area contributed by atoms with E-state index in [1.807, 2.05) is 6.92 Å². The van der Waals surface area contributed by atoms with E-state index in [-0.39, 0.29) is 16.7 Å². The molecule has 0 aliphatic carbocycles. The van der Waals surface area contributed by atoms with Gasteiger partial charge in [-0.3, -0.25) is 10.1 Å². The minimum Gasteiger partial charge on any atom is -0.375 e. The van der Waals surface area contributed by atoms with E-state index in [0.717, 1.165) is 36.7 Å². The van der Waals surface area contributed by atoms with E-state index in [1.54, 1.807) is 19.1 Å². The van der Waals surface area contributed by atoms with Gasteiger partial charge in [0.1, 0.15) is 5.82 Å². The molecule has 0 bridgehead atoms. The molecule has 7 nitrogen and oxygen atoms in total. The van der Waals surface area contributed by atoms with Crippen LogP contribution in [0.5, 0.6) is 0 Å². The lowest BCUT2D eigenvalue weighted by molar-refractivity contribution is -0.385. The Hall–Kier alpha value is -2.44. The number of nitro groups is 1. The zero-order chi connectivity index (χ0) is 15.7. The summed E-state index contributed by atoms with van der Waals surface area (Å²) in [5.74, 6) is 1.97. The lowest BCUT2D eigenvalue weighted by Crippen LogP contribution is -2.18. The van der Waals surface area contributed by atoms with E-state index < -0.39 is 0 Å². The first-order chi connectivity index (χ1) is 10.6. The number of fused-ring (bicyclic) bond motifs is 1. The van der Waals surface area contributed by atoms with Gasteiger partial charge in [-0.05, 0) is 38.8 Å². The monoisotopic (exact) mass is 301 g/mol. The fourth-order valence-corrected chi connectivity index (χ4v) is 2.92. The van der Waals surface area contributed by atoms with E-state index in [2.05, 4.69) is 20.1 Å². The number of anilines is 1. The molecule has 0 radical (unpaired) electrons. The van der Waals surface area contributed by atoms with E-state index >= 15 is 0 Å². The van der Waals surface area contributed by atoms with Crippen LogP contribution >= 0.6 is 0 Å². The molecule has 116 valence electrons. The van der Waals surface area contributed by atoms with Gasteiger partial charge in [-0.1, -0.05) is 0 Å². The number of aromatic nitrogens is 3. The third-order valence-electron chi connectivity index (χ3n) is 4.05. The van der Waals surface area contributed by atoms with Crippen molar-refractivity contribution in [2.75, 3.05) is 5.32 Å². The van der Waals surface area contributed by atoms with Crippen LogP contribution in [0.1, 0.15) is 43.0 Å². The van der Waals surface area contributed by atoms with Crippen molar-refractivity contribution in [3.8, 4) is 0 Å². The van der Waals surface area contributed by atoms with Crippen molar-refractivity contribution in [2.45, 2.75) is 45.7 Å². The number of nitrogens with one attached hydrogen (secondary N) is 1. The molecule has 0 saturated carbocycles. The van der Waals surface area contributed by atoms with Crippen LogP contribution in [0.3, 0.4) is 0 Å².